The number of sulfone groups is 1. The van der Waals surface area contributed by atoms with Crippen LogP contribution in [0.4, 0.5) is 10.2 Å². The molecule has 0 saturated carbocycles. The fourth-order valence-electron chi connectivity index (χ4n) is 4.84. The van der Waals surface area contributed by atoms with E-state index in [1.165, 1.54) is 23.4 Å². The van der Waals surface area contributed by atoms with Crippen molar-refractivity contribution in [3.05, 3.63) is 76.7 Å². The van der Waals surface area contributed by atoms with E-state index < -0.39 is 9.84 Å². The summed E-state index contributed by atoms with van der Waals surface area (Å²) >= 11 is 0. The van der Waals surface area contributed by atoms with Gasteiger partial charge in [-0.3, -0.25) is 0 Å². The van der Waals surface area contributed by atoms with Crippen molar-refractivity contribution in [2.75, 3.05) is 24.2 Å². The summed E-state index contributed by atoms with van der Waals surface area (Å²) in [5.74, 6) is 1.89. The Morgan fingerprint density at radius 1 is 1.06 bits per heavy atom. The van der Waals surface area contributed by atoms with Gasteiger partial charge >= 0.3 is 0 Å². The monoisotopic (exact) mass is 480 g/mol. The second-order valence-electron chi connectivity index (χ2n) is 9.70. The maximum atomic E-state index is 14.6. The van der Waals surface area contributed by atoms with Gasteiger partial charge in [0.2, 0.25) is 0 Å². The first-order valence-electron chi connectivity index (χ1n) is 11.6. The van der Waals surface area contributed by atoms with Gasteiger partial charge in [0.05, 0.1) is 5.25 Å². The predicted molar refractivity (Wildman–Crippen MR) is 133 cm³/mol. The molecule has 0 radical (unpaired) electrons. The molecule has 34 heavy (non-hydrogen) atoms. The van der Waals surface area contributed by atoms with E-state index in [-0.39, 0.29) is 17.7 Å². The Labute approximate surface area is 200 Å². The number of halogens is 1. The lowest BCUT2D eigenvalue weighted by Crippen LogP contribution is -2.54. The second kappa shape index (κ2) is 8.69. The molecule has 1 atom stereocenters. The molecule has 0 amide bonds. The van der Waals surface area contributed by atoms with Crippen molar-refractivity contribution in [2.45, 2.75) is 38.5 Å². The molecule has 1 aliphatic carbocycles. The number of anilines is 1. The molecular formula is C27H29FN2O3S. The SMILES string of the molecule is Cc1nc(N2CC(S(C)(=O)=O)C2)ccc1-c1ccc(F)c(COc2ccc3c(c2)C[C@H](C)C3)c1. The Bertz CT molecular complexity index is 1350. The highest BCUT2D eigenvalue weighted by Crippen LogP contribution is 2.31. The standard InChI is InChI=1S/C27H29FN2O3S/c1-17-10-19-4-6-23(13-21(19)11-17)33-16-22-12-20(5-8-26(22)28)25-7-9-27(29-18(25)2)30-14-24(15-30)34(3,31)32/h4-9,12-13,17,24H,10-11,14-16H2,1-3H3/t17-/m1/s1. The van der Waals surface area contributed by atoms with Crippen LogP contribution in [0.1, 0.15) is 29.3 Å². The molecule has 1 saturated heterocycles. The van der Waals surface area contributed by atoms with Crippen LogP contribution in [0, 0.1) is 18.7 Å². The van der Waals surface area contributed by atoms with E-state index in [1.54, 1.807) is 6.07 Å². The van der Waals surface area contributed by atoms with Gasteiger partial charge in [-0.15, -0.1) is 0 Å². The van der Waals surface area contributed by atoms with E-state index in [2.05, 4.69) is 24.0 Å². The topological polar surface area (TPSA) is 59.5 Å². The average Bonchev–Trinajstić information content (AvgIpc) is 3.10. The largest absolute Gasteiger partial charge is 0.489 e. The number of benzene rings is 2. The molecule has 3 aromatic rings. The Hall–Kier alpha value is -2.93. The van der Waals surface area contributed by atoms with E-state index in [1.807, 2.05) is 36.1 Å². The molecule has 7 heteroatoms. The van der Waals surface area contributed by atoms with E-state index in [4.69, 9.17) is 4.74 Å². The van der Waals surface area contributed by atoms with Gasteiger partial charge in [0.25, 0.3) is 0 Å². The normalized spacial score (nSPS) is 18.0. The first kappa shape index (κ1) is 22.8. The molecule has 0 bridgehead atoms. The summed E-state index contributed by atoms with van der Waals surface area (Å²) in [4.78, 5) is 6.64. The number of fused-ring (bicyclic) bond motifs is 1. The minimum atomic E-state index is -3.03. The van der Waals surface area contributed by atoms with Gasteiger partial charge in [-0.1, -0.05) is 19.1 Å². The number of nitrogens with zero attached hydrogens (tertiary/aromatic N) is 2. The number of aryl methyl sites for hydroxylation is 1. The van der Waals surface area contributed by atoms with Gasteiger partial charge in [-0.05, 0) is 78.8 Å². The summed E-state index contributed by atoms with van der Waals surface area (Å²) in [5, 5.41) is -0.331. The first-order valence-corrected chi connectivity index (χ1v) is 13.6. The molecule has 1 aromatic heterocycles. The summed E-state index contributed by atoms with van der Waals surface area (Å²) in [6.45, 7) is 5.24. The molecule has 5 rings (SSSR count). The van der Waals surface area contributed by atoms with Gasteiger partial charge in [0.1, 0.15) is 24.0 Å². The molecule has 5 nitrogen and oxygen atoms in total. The molecule has 0 unspecified atom stereocenters. The minimum Gasteiger partial charge on any atom is -0.489 e. The second-order valence-corrected chi connectivity index (χ2v) is 12.0. The summed E-state index contributed by atoms with van der Waals surface area (Å²) in [7, 11) is -3.03. The van der Waals surface area contributed by atoms with Gasteiger partial charge < -0.3 is 9.64 Å². The van der Waals surface area contributed by atoms with Crippen LogP contribution >= 0.6 is 0 Å². The quantitative estimate of drug-likeness (QED) is 0.510. The number of rotatable bonds is 6. The number of ether oxygens (including phenoxy) is 1. The number of pyridine rings is 1. The average molecular weight is 481 g/mol. The summed E-state index contributed by atoms with van der Waals surface area (Å²) in [6, 6.07) is 15.1. The number of aromatic nitrogens is 1. The van der Waals surface area contributed by atoms with Crippen molar-refractivity contribution in [1.29, 1.82) is 0 Å². The summed E-state index contributed by atoms with van der Waals surface area (Å²) in [6.07, 6.45) is 3.44. The van der Waals surface area contributed by atoms with Crippen LogP contribution in [0.15, 0.2) is 48.5 Å². The van der Waals surface area contributed by atoms with Crippen LogP contribution in [-0.2, 0) is 29.3 Å². The lowest BCUT2D eigenvalue weighted by molar-refractivity contribution is 0.299. The van der Waals surface area contributed by atoms with Crippen LogP contribution in [-0.4, -0.2) is 38.0 Å². The Morgan fingerprint density at radius 2 is 1.82 bits per heavy atom. The molecule has 1 aliphatic heterocycles. The van der Waals surface area contributed by atoms with Crippen molar-refractivity contribution in [3.63, 3.8) is 0 Å². The molecule has 2 heterocycles. The maximum absolute atomic E-state index is 14.6. The Kier molecular flexibility index (Phi) is 5.84. The first-order chi connectivity index (χ1) is 16.2. The van der Waals surface area contributed by atoms with E-state index >= 15 is 0 Å². The van der Waals surface area contributed by atoms with Crippen molar-refractivity contribution in [1.82, 2.24) is 4.98 Å². The molecular weight excluding hydrogens is 451 g/mol. The third-order valence-electron chi connectivity index (χ3n) is 6.91. The van der Waals surface area contributed by atoms with Gasteiger partial charge in [0, 0.05) is 36.2 Å². The summed E-state index contributed by atoms with van der Waals surface area (Å²) < 4.78 is 43.9. The van der Waals surface area contributed by atoms with Crippen LogP contribution in [0.25, 0.3) is 11.1 Å². The Balaban J connectivity index is 1.30. The van der Waals surface area contributed by atoms with Crippen molar-refractivity contribution in [3.8, 4) is 16.9 Å². The van der Waals surface area contributed by atoms with Crippen molar-refractivity contribution < 1.29 is 17.5 Å². The molecule has 178 valence electrons. The maximum Gasteiger partial charge on any atom is 0.153 e. The summed E-state index contributed by atoms with van der Waals surface area (Å²) in [5.41, 5.74) is 5.80. The van der Waals surface area contributed by atoms with Crippen molar-refractivity contribution in [2.24, 2.45) is 5.92 Å². The zero-order chi connectivity index (χ0) is 24.0. The molecule has 0 spiro atoms. The third kappa shape index (κ3) is 4.53. The van der Waals surface area contributed by atoms with Gasteiger partial charge in [-0.25, -0.2) is 17.8 Å². The fraction of sp³-hybridized carbons (Fsp3) is 0.370. The lowest BCUT2D eigenvalue weighted by Gasteiger charge is -2.39. The van der Waals surface area contributed by atoms with Crippen LogP contribution in [0.3, 0.4) is 0 Å². The zero-order valence-corrected chi connectivity index (χ0v) is 20.5. The van der Waals surface area contributed by atoms with E-state index in [9.17, 15) is 12.8 Å². The highest BCUT2D eigenvalue weighted by atomic mass is 32.2. The third-order valence-corrected chi connectivity index (χ3v) is 8.42. The van der Waals surface area contributed by atoms with E-state index in [0.29, 0.717) is 24.6 Å². The molecule has 0 N–H and O–H groups in total. The highest BCUT2D eigenvalue weighted by molar-refractivity contribution is 7.91. The number of hydrogen-bond donors (Lipinski definition) is 0. The zero-order valence-electron chi connectivity index (χ0n) is 19.7. The van der Waals surface area contributed by atoms with Crippen LogP contribution < -0.4 is 9.64 Å². The Morgan fingerprint density at radius 3 is 2.56 bits per heavy atom. The minimum absolute atomic E-state index is 0.152. The van der Waals surface area contributed by atoms with Crippen LogP contribution in [0.5, 0.6) is 5.75 Å². The van der Waals surface area contributed by atoms with E-state index in [0.717, 1.165) is 41.2 Å². The highest BCUT2D eigenvalue weighted by Gasteiger charge is 2.35. The molecule has 1 fully saturated rings. The van der Waals surface area contributed by atoms with Crippen LogP contribution in [0.2, 0.25) is 0 Å². The van der Waals surface area contributed by atoms with Crippen molar-refractivity contribution >= 4 is 15.7 Å². The molecule has 2 aromatic carbocycles. The fourth-order valence-corrected chi connectivity index (χ4v) is 5.74. The number of hydrogen-bond acceptors (Lipinski definition) is 5. The van der Waals surface area contributed by atoms with Gasteiger partial charge in [0.15, 0.2) is 9.84 Å². The smallest absolute Gasteiger partial charge is 0.153 e. The lowest BCUT2D eigenvalue weighted by atomic mass is 10.0. The molecule has 2 aliphatic rings. The predicted octanol–water partition coefficient (Wildman–Crippen LogP) is 4.74. The van der Waals surface area contributed by atoms with Gasteiger partial charge in [-0.2, -0.15) is 0 Å².